The average Bonchev–Trinajstić information content (AvgIpc) is 2.47. The molecule has 0 aliphatic rings. The van der Waals surface area contributed by atoms with Gasteiger partial charge in [-0.15, -0.1) is 0 Å². The van der Waals surface area contributed by atoms with E-state index in [1.165, 1.54) is 11.8 Å². The van der Waals surface area contributed by atoms with Crippen LogP contribution in [0.5, 0.6) is 0 Å². The van der Waals surface area contributed by atoms with Gasteiger partial charge < -0.3 is 10.1 Å². The van der Waals surface area contributed by atoms with Crippen LogP contribution >= 0.6 is 11.8 Å². The summed E-state index contributed by atoms with van der Waals surface area (Å²) in [6.45, 7) is 0.482. The summed E-state index contributed by atoms with van der Waals surface area (Å²) in [5, 5.41) is 2.71. The Labute approximate surface area is 117 Å². The smallest absolute Gasteiger partial charge is 0.408 e. The van der Waals surface area contributed by atoms with Crippen LogP contribution in [0.1, 0.15) is 5.56 Å². The fourth-order valence-corrected chi connectivity index (χ4v) is 2.14. The number of ether oxygens (including phenoxy) is 1. The van der Waals surface area contributed by atoms with Gasteiger partial charge in [0.05, 0.1) is 0 Å². The van der Waals surface area contributed by atoms with E-state index < -0.39 is 6.09 Å². The molecule has 2 aromatic carbocycles. The average molecular weight is 273 g/mol. The van der Waals surface area contributed by atoms with Gasteiger partial charge in [0.15, 0.2) is 0 Å². The normalized spacial score (nSPS) is 9.89. The maximum absolute atomic E-state index is 11.5. The maximum atomic E-state index is 11.5. The molecule has 4 heteroatoms. The molecule has 98 valence electrons. The summed E-state index contributed by atoms with van der Waals surface area (Å²) in [6, 6.07) is 19.6. The topological polar surface area (TPSA) is 38.3 Å². The predicted molar refractivity (Wildman–Crippen MR) is 76.9 cm³/mol. The summed E-state index contributed by atoms with van der Waals surface area (Å²) >= 11 is 1.49. The molecule has 0 aromatic heterocycles. The Balaban J connectivity index is 1.65. The van der Waals surface area contributed by atoms with Crippen molar-refractivity contribution in [1.29, 1.82) is 0 Å². The van der Waals surface area contributed by atoms with Crippen LogP contribution in [0.2, 0.25) is 0 Å². The van der Waals surface area contributed by atoms with Crippen molar-refractivity contribution >= 4 is 17.9 Å². The molecule has 0 saturated carbocycles. The first kappa shape index (κ1) is 13.5. The Morgan fingerprint density at radius 1 is 1.00 bits per heavy atom. The fraction of sp³-hybridized carbons (Fsp3) is 0.133. The van der Waals surface area contributed by atoms with Crippen LogP contribution in [-0.2, 0) is 11.3 Å². The third-order valence-electron chi connectivity index (χ3n) is 2.44. The van der Waals surface area contributed by atoms with E-state index in [1.807, 2.05) is 60.7 Å². The molecule has 0 aliphatic carbocycles. The quantitative estimate of drug-likeness (QED) is 0.667. The predicted octanol–water partition coefficient (Wildman–Crippen LogP) is 3.66. The number of benzene rings is 2. The van der Waals surface area contributed by atoms with Gasteiger partial charge in [0, 0.05) is 11.4 Å². The molecule has 0 spiro atoms. The Kier molecular flexibility index (Phi) is 5.31. The summed E-state index contributed by atoms with van der Waals surface area (Å²) < 4.78 is 5.08. The molecule has 0 radical (unpaired) electrons. The first-order chi connectivity index (χ1) is 9.34. The molecule has 2 aromatic rings. The molecule has 0 saturated heterocycles. The van der Waals surface area contributed by atoms with Gasteiger partial charge in [0.25, 0.3) is 0 Å². The lowest BCUT2D eigenvalue weighted by Crippen LogP contribution is -2.23. The minimum absolute atomic E-state index is 0.310. The highest BCUT2D eigenvalue weighted by Gasteiger charge is 2.02. The Hall–Kier alpha value is -1.94. The summed E-state index contributed by atoms with van der Waals surface area (Å²) in [4.78, 5) is 12.5. The van der Waals surface area contributed by atoms with Gasteiger partial charge in [-0.25, -0.2) is 4.79 Å². The molecule has 0 heterocycles. The number of hydrogen-bond acceptors (Lipinski definition) is 3. The van der Waals surface area contributed by atoms with Crippen LogP contribution in [-0.4, -0.2) is 12.0 Å². The van der Waals surface area contributed by atoms with Gasteiger partial charge in [-0.05, 0) is 17.7 Å². The third-order valence-corrected chi connectivity index (χ3v) is 3.28. The van der Waals surface area contributed by atoms with Crippen molar-refractivity contribution in [3.63, 3.8) is 0 Å². The summed E-state index contributed by atoms with van der Waals surface area (Å²) in [5.74, 6) is 0.310. The second kappa shape index (κ2) is 7.48. The van der Waals surface area contributed by atoms with Crippen LogP contribution in [0.15, 0.2) is 65.6 Å². The highest BCUT2D eigenvalue weighted by atomic mass is 32.2. The van der Waals surface area contributed by atoms with E-state index in [0.29, 0.717) is 12.5 Å². The van der Waals surface area contributed by atoms with E-state index in [4.69, 9.17) is 4.74 Å². The number of alkyl carbamates (subject to hydrolysis) is 1. The van der Waals surface area contributed by atoms with Gasteiger partial charge in [-0.2, -0.15) is 0 Å². The number of amides is 1. The molecule has 1 amide bonds. The molecule has 0 atom stereocenters. The standard InChI is InChI=1S/C15H15NO2S/c17-15(16-11-13-7-3-1-4-8-13)18-12-19-14-9-5-2-6-10-14/h1-10H,11-12H2,(H,16,17). The number of rotatable bonds is 5. The number of hydrogen-bond donors (Lipinski definition) is 1. The lowest BCUT2D eigenvalue weighted by Gasteiger charge is -2.06. The second-order valence-electron chi connectivity index (χ2n) is 3.85. The number of carbonyl (C=O) groups excluding carboxylic acids is 1. The van der Waals surface area contributed by atoms with Crippen LogP contribution < -0.4 is 5.32 Å². The SMILES string of the molecule is O=C(NCc1ccccc1)OCSc1ccccc1. The van der Waals surface area contributed by atoms with Crippen molar-refractivity contribution in [2.24, 2.45) is 0 Å². The van der Waals surface area contributed by atoms with Crippen LogP contribution in [0.4, 0.5) is 4.79 Å². The highest BCUT2D eigenvalue weighted by Crippen LogP contribution is 2.16. The monoisotopic (exact) mass is 273 g/mol. The molecule has 2 rings (SSSR count). The van der Waals surface area contributed by atoms with Gasteiger partial charge in [-0.1, -0.05) is 60.3 Å². The fourth-order valence-electron chi connectivity index (χ4n) is 1.49. The van der Waals surface area contributed by atoms with E-state index in [0.717, 1.165) is 10.5 Å². The Morgan fingerprint density at radius 3 is 2.32 bits per heavy atom. The van der Waals surface area contributed by atoms with Crippen molar-refractivity contribution in [1.82, 2.24) is 5.32 Å². The Bertz CT molecular complexity index is 502. The summed E-state index contributed by atoms with van der Waals surface area (Å²) in [5.41, 5.74) is 1.05. The molecule has 1 N–H and O–H groups in total. The van der Waals surface area contributed by atoms with Gasteiger partial charge >= 0.3 is 6.09 Å². The minimum atomic E-state index is -0.396. The van der Waals surface area contributed by atoms with Crippen molar-refractivity contribution in [3.05, 3.63) is 66.2 Å². The van der Waals surface area contributed by atoms with Gasteiger partial charge in [0.1, 0.15) is 5.94 Å². The largest absolute Gasteiger partial charge is 0.438 e. The molecule has 0 bridgehead atoms. The van der Waals surface area contributed by atoms with Crippen molar-refractivity contribution in [2.75, 3.05) is 5.94 Å². The van der Waals surface area contributed by atoms with E-state index in [1.54, 1.807) is 0 Å². The van der Waals surface area contributed by atoms with Gasteiger partial charge in [0.2, 0.25) is 0 Å². The van der Waals surface area contributed by atoms with Crippen molar-refractivity contribution in [3.8, 4) is 0 Å². The first-order valence-electron chi connectivity index (χ1n) is 5.97. The lowest BCUT2D eigenvalue weighted by atomic mass is 10.2. The van der Waals surface area contributed by atoms with Gasteiger partial charge in [-0.3, -0.25) is 0 Å². The number of thioether (sulfide) groups is 1. The minimum Gasteiger partial charge on any atom is -0.438 e. The van der Waals surface area contributed by atoms with Crippen LogP contribution in [0.3, 0.4) is 0 Å². The third kappa shape index (κ3) is 5.06. The summed E-state index contributed by atoms with van der Waals surface area (Å²) in [7, 11) is 0. The van der Waals surface area contributed by atoms with Crippen LogP contribution in [0, 0.1) is 0 Å². The molecular weight excluding hydrogens is 258 g/mol. The zero-order valence-electron chi connectivity index (χ0n) is 10.4. The molecular formula is C15H15NO2S. The van der Waals surface area contributed by atoms with Crippen molar-refractivity contribution < 1.29 is 9.53 Å². The van der Waals surface area contributed by atoms with Crippen molar-refractivity contribution in [2.45, 2.75) is 11.4 Å². The summed E-state index contributed by atoms with van der Waals surface area (Å²) in [6.07, 6.45) is -0.396. The second-order valence-corrected chi connectivity index (χ2v) is 4.84. The zero-order valence-corrected chi connectivity index (χ0v) is 11.2. The van der Waals surface area contributed by atoms with E-state index >= 15 is 0 Å². The maximum Gasteiger partial charge on any atom is 0.408 e. The van der Waals surface area contributed by atoms with E-state index in [2.05, 4.69) is 5.32 Å². The van der Waals surface area contributed by atoms with E-state index in [-0.39, 0.29) is 0 Å². The molecule has 0 aliphatic heterocycles. The lowest BCUT2D eigenvalue weighted by molar-refractivity contribution is 0.165. The number of nitrogens with one attached hydrogen (secondary N) is 1. The zero-order chi connectivity index (χ0) is 13.3. The molecule has 0 fully saturated rings. The highest BCUT2D eigenvalue weighted by molar-refractivity contribution is 7.99. The first-order valence-corrected chi connectivity index (χ1v) is 6.95. The Morgan fingerprint density at radius 2 is 1.63 bits per heavy atom. The number of carbonyl (C=O) groups is 1. The molecule has 3 nitrogen and oxygen atoms in total. The molecule has 19 heavy (non-hydrogen) atoms. The molecule has 0 unspecified atom stereocenters. The van der Waals surface area contributed by atoms with Crippen LogP contribution in [0.25, 0.3) is 0 Å². The van der Waals surface area contributed by atoms with E-state index in [9.17, 15) is 4.79 Å².